The molecule has 14 heteroatoms. The van der Waals surface area contributed by atoms with Gasteiger partial charge in [0.15, 0.2) is 12.6 Å². The van der Waals surface area contributed by atoms with Crippen LogP contribution in [-0.2, 0) is 33.2 Å². The molecule has 462 valence electrons. The third-order valence-corrected chi connectivity index (χ3v) is 14.0. The second-order valence-electron chi connectivity index (χ2n) is 21.1. The minimum Gasteiger partial charge on any atom is -0.457 e. The Balaban J connectivity index is 1.73. The minimum absolute atomic E-state index is 0.0198. The molecule has 81 heavy (non-hydrogen) atoms. The maximum atomic E-state index is 13.1. The van der Waals surface area contributed by atoms with Crippen LogP contribution in [0.3, 0.4) is 0 Å². The lowest BCUT2D eigenvalue weighted by Crippen LogP contribution is -2.61. The second-order valence-corrected chi connectivity index (χ2v) is 21.1. The first-order valence-electron chi connectivity index (χ1n) is 31.1. The molecule has 11 atom stereocenters. The molecule has 7 N–H and O–H groups in total. The first kappa shape index (κ1) is 73.5. The lowest BCUT2D eigenvalue weighted by atomic mass is 9.98. The molecule has 0 saturated carbocycles. The summed E-state index contributed by atoms with van der Waals surface area (Å²) in [5.74, 6) is -0.403. The van der Waals surface area contributed by atoms with Gasteiger partial charge in [-0.15, -0.1) is 0 Å². The van der Waals surface area contributed by atoms with Gasteiger partial charge in [0.05, 0.1) is 26.4 Å². The number of aliphatic hydroxyl groups is 7. The summed E-state index contributed by atoms with van der Waals surface area (Å²) in [7, 11) is 0. The molecule has 14 nitrogen and oxygen atoms in total. The van der Waals surface area contributed by atoms with Crippen molar-refractivity contribution in [3.05, 3.63) is 122 Å². The SMILES string of the molecule is CC/C=C\C/C=C\C/C=C\C/C=C\C/C=C\C/C=C\C/C=C\CCCCOCC(COC1OC(COC2OC(CO)C(O)C(O)C2O)C(O)C(O)C1O)OC(=O)CCCCCCCCCC/C=C\C/C=C\C/C=C\CCCCCCC. The molecule has 0 radical (unpaired) electrons. The smallest absolute Gasteiger partial charge is 0.306 e. The van der Waals surface area contributed by atoms with Gasteiger partial charge in [-0.05, 0) is 109 Å². The van der Waals surface area contributed by atoms with E-state index < -0.39 is 86.7 Å². The van der Waals surface area contributed by atoms with Crippen LogP contribution in [-0.4, -0.2) is 142 Å². The summed E-state index contributed by atoms with van der Waals surface area (Å²) in [4.78, 5) is 13.1. The Morgan fingerprint density at radius 3 is 1.26 bits per heavy atom. The van der Waals surface area contributed by atoms with Crippen LogP contribution in [0, 0.1) is 0 Å². The third kappa shape index (κ3) is 38.1. The number of esters is 1. The van der Waals surface area contributed by atoms with Crippen molar-refractivity contribution < 1.29 is 69.0 Å². The zero-order valence-corrected chi connectivity index (χ0v) is 49.7. The third-order valence-electron chi connectivity index (χ3n) is 14.0. The number of hydrogen-bond donors (Lipinski definition) is 7. The Labute approximate surface area is 488 Å². The highest BCUT2D eigenvalue weighted by Crippen LogP contribution is 2.26. The summed E-state index contributed by atoms with van der Waals surface area (Å²) < 4.78 is 34.4. The molecule has 0 aromatic carbocycles. The average molecular weight is 1140 g/mol. The molecule has 2 fully saturated rings. The molecule has 11 unspecified atom stereocenters. The molecule has 0 aromatic heterocycles. The molecule has 2 aliphatic rings. The number of hydrogen-bond acceptors (Lipinski definition) is 14. The van der Waals surface area contributed by atoms with Gasteiger partial charge in [-0.25, -0.2) is 0 Å². The molecule has 0 aliphatic carbocycles. The predicted octanol–water partition coefficient (Wildman–Crippen LogP) is 12.1. The van der Waals surface area contributed by atoms with Gasteiger partial charge in [-0.3, -0.25) is 4.79 Å². The Hall–Kier alpha value is -3.61. The number of ether oxygens (including phenoxy) is 6. The lowest BCUT2D eigenvalue weighted by Gasteiger charge is -2.42. The zero-order valence-electron chi connectivity index (χ0n) is 49.7. The number of carbonyl (C=O) groups excluding carboxylic acids is 1. The molecular weight excluding hydrogens is 1030 g/mol. The van der Waals surface area contributed by atoms with Crippen LogP contribution in [0.4, 0.5) is 0 Å². The highest BCUT2D eigenvalue weighted by molar-refractivity contribution is 5.69. The highest BCUT2D eigenvalue weighted by Gasteiger charge is 2.47. The second kappa shape index (κ2) is 52.0. The molecule has 0 spiro atoms. The molecule has 2 rings (SSSR count). The van der Waals surface area contributed by atoms with Crippen molar-refractivity contribution in [3.8, 4) is 0 Å². The van der Waals surface area contributed by atoms with Crippen molar-refractivity contribution in [1.82, 2.24) is 0 Å². The summed E-state index contributed by atoms with van der Waals surface area (Å²) in [6, 6.07) is 0. The van der Waals surface area contributed by atoms with Crippen LogP contribution in [0.1, 0.15) is 194 Å². The van der Waals surface area contributed by atoms with Gasteiger partial charge >= 0.3 is 5.97 Å². The van der Waals surface area contributed by atoms with Gasteiger partial charge in [0.2, 0.25) is 0 Å². The Morgan fingerprint density at radius 2 is 0.802 bits per heavy atom. The van der Waals surface area contributed by atoms with Crippen molar-refractivity contribution in [2.24, 2.45) is 0 Å². The molecule has 2 saturated heterocycles. The predicted molar refractivity (Wildman–Crippen MR) is 325 cm³/mol. The van der Waals surface area contributed by atoms with Gasteiger partial charge in [0, 0.05) is 13.0 Å². The molecule has 2 heterocycles. The van der Waals surface area contributed by atoms with E-state index in [2.05, 4.69) is 135 Å². The summed E-state index contributed by atoms with van der Waals surface area (Å²) in [6.07, 6.45) is 56.9. The van der Waals surface area contributed by atoms with Crippen molar-refractivity contribution in [1.29, 1.82) is 0 Å². The monoisotopic (exact) mass is 1140 g/mol. The highest BCUT2D eigenvalue weighted by atomic mass is 16.7. The van der Waals surface area contributed by atoms with E-state index in [1.807, 2.05) is 0 Å². The van der Waals surface area contributed by atoms with E-state index in [0.717, 1.165) is 103 Å². The first-order valence-corrected chi connectivity index (χ1v) is 31.1. The van der Waals surface area contributed by atoms with Gasteiger partial charge < -0.3 is 64.2 Å². The maximum absolute atomic E-state index is 13.1. The van der Waals surface area contributed by atoms with E-state index in [-0.39, 0.29) is 19.6 Å². The quantitative estimate of drug-likeness (QED) is 0.0172. The zero-order chi connectivity index (χ0) is 58.6. The lowest BCUT2D eigenvalue weighted by molar-refractivity contribution is -0.332. The number of rotatable bonds is 49. The Morgan fingerprint density at radius 1 is 0.420 bits per heavy atom. The molecule has 0 amide bonds. The number of allylic oxidation sites excluding steroid dienone is 20. The van der Waals surface area contributed by atoms with Crippen LogP contribution >= 0.6 is 0 Å². The van der Waals surface area contributed by atoms with Crippen LogP contribution < -0.4 is 0 Å². The van der Waals surface area contributed by atoms with E-state index in [1.165, 1.54) is 64.2 Å². The summed E-state index contributed by atoms with van der Waals surface area (Å²) >= 11 is 0. The van der Waals surface area contributed by atoms with Gasteiger partial charge in [0.25, 0.3) is 0 Å². The average Bonchev–Trinajstić information content (AvgIpc) is 3.46. The van der Waals surface area contributed by atoms with Gasteiger partial charge in [-0.1, -0.05) is 200 Å². The minimum atomic E-state index is -1.73. The fraction of sp³-hybridized carbons (Fsp3) is 0.687. The Bertz CT molecular complexity index is 1800. The van der Waals surface area contributed by atoms with Crippen LogP contribution in [0.15, 0.2) is 122 Å². The van der Waals surface area contributed by atoms with E-state index in [9.17, 15) is 40.5 Å². The molecule has 0 bridgehead atoms. The van der Waals surface area contributed by atoms with Crippen molar-refractivity contribution >= 4 is 5.97 Å². The van der Waals surface area contributed by atoms with Gasteiger partial charge in [-0.2, -0.15) is 0 Å². The summed E-state index contributed by atoms with van der Waals surface area (Å²) in [6.45, 7) is 3.43. The largest absolute Gasteiger partial charge is 0.457 e. The fourth-order valence-electron chi connectivity index (χ4n) is 8.98. The van der Waals surface area contributed by atoms with Crippen LogP contribution in [0.5, 0.6) is 0 Å². The van der Waals surface area contributed by atoms with Crippen LogP contribution in [0.25, 0.3) is 0 Å². The number of unbranched alkanes of at least 4 members (excludes halogenated alkanes) is 15. The normalized spacial score (nSPS) is 24.6. The van der Waals surface area contributed by atoms with E-state index in [4.69, 9.17) is 28.4 Å². The number of aliphatic hydroxyl groups excluding tert-OH is 7. The first-order chi connectivity index (χ1) is 39.6. The van der Waals surface area contributed by atoms with E-state index in [1.54, 1.807) is 0 Å². The standard InChI is InChI=1S/C67H110O14/c1-3-5-7-9-11-13-15-17-19-21-23-25-27-29-31-33-35-37-39-41-43-45-47-49-51-76-53-56(54-77-66-65(75)63(73)61(71)58(81-66)55-78-67-64(74)62(72)60(70)57(52-68)80-67)79-59(69)50-48-46-44-42-40-38-36-34-32-30-28-26-24-22-20-18-16-14-12-10-8-6-4-2/h5,7,11,13,16-19,22-25,28-31,35,37,41,43,56-58,60-68,70-75H,3-4,6,8-10,12,14-15,20-21,26-27,32-34,36,38-40,42,44-55H2,1-2H3/b7-5-,13-11-,18-16-,19-17-,24-22-,25-23-,30-28-,31-29-,37-35-,43-41-. The van der Waals surface area contributed by atoms with E-state index in [0.29, 0.717) is 13.0 Å². The summed E-state index contributed by atoms with van der Waals surface area (Å²) in [5, 5.41) is 72.5. The Kier molecular flexibility index (Phi) is 47.2. The molecular formula is C67H110O14. The van der Waals surface area contributed by atoms with E-state index >= 15 is 0 Å². The molecule has 0 aromatic rings. The van der Waals surface area contributed by atoms with Crippen molar-refractivity contribution in [3.63, 3.8) is 0 Å². The van der Waals surface area contributed by atoms with Crippen molar-refractivity contribution in [2.45, 2.75) is 261 Å². The van der Waals surface area contributed by atoms with Crippen LogP contribution in [0.2, 0.25) is 0 Å². The van der Waals surface area contributed by atoms with Gasteiger partial charge in [0.1, 0.15) is 54.9 Å². The maximum Gasteiger partial charge on any atom is 0.306 e. The molecule has 2 aliphatic heterocycles. The topological polar surface area (TPSA) is 214 Å². The fourth-order valence-corrected chi connectivity index (χ4v) is 8.98. The number of carbonyl (C=O) groups is 1. The summed E-state index contributed by atoms with van der Waals surface area (Å²) in [5.41, 5.74) is 0. The van der Waals surface area contributed by atoms with Crippen molar-refractivity contribution in [2.75, 3.05) is 33.0 Å².